The molecule has 0 unspecified atom stereocenters. The molecule has 0 aromatic rings. The van der Waals surface area contributed by atoms with Crippen LogP contribution in [0.25, 0.3) is 0 Å². The Labute approximate surface area is 279 Å². The molecule has 1 saturated heterocycles. The van der Waals surface area contributed by atoms with Gasteiger partial charge in [-0.05, 0) is 0 Å². The van der Waals surface area contributed by atoms with E-state index in [1.807, 2.05) is 0 Å². The lowest BCUT2D eigenvalue weighted by Gasteiger charge is -2.13. The van der Waals surface area contributed by atoms with Crippen molar-refractivity contribution in [3.8, 4) is 0 Å². The van der Waals surface area contributed by atoms with Crippen molar-refractivity contribution in [3.63, 3.8) is 0 Å². The quantitative estimate of drug-likeness (QED) is 0.0653. The van der Waals surface area contributed by atoms with Gasteiger partial charge in [-0.25, -0.2) is 4.79 Å². The van der Waals surface area contributed by atoms with Crippen LogP contribution in [0.2, 0.25) is 0 Å². The number of hydrogen-bond acceptors (Lipinski definition) is 15. The van der Waals surface area contributed by atoms with E-state index in [-0.39, 0.29) is 51.3 Å². The first kappa shape index (κ1) is 40.8. The van der Waals surface area contributed by atoms with Gasteiger partial charge in [0.2, 0.25) is 5.91 Å². The maximum Gasteiger partial charge on any atom is 0.335 e. The fourth-order valence-corrected chi connectivity index (χ4v) is 3.82. The fraction of sp³-hybridized carbons (Fsp3) is 0.733. The van der Waals surface area contributed by atoms with Crippen LogP contribution in [0.3, 0.4) is 0 Å². The zero-order valence-corrected chi connectivity index (χ0v) is 27.2. The average Bonchev–Trinajstić information content (AvgIpc) is 3.57. The zero-order chi connectivity index (χ0) is 34.7. The number of rotatable bonds is 31. The van der Waals surface area contributed by atoms with Gasteiger partial charge in [0, 0.05) is 44.5 Å². The van der Waals surface area contributed by atoms with Crippen LogP contribution in [0.5, 0.6) is 0 Å². The smallest absolute Gasteiger partial charge is 0.335 e. The number of imide groups is 2. The molecule has 272 valence electrons. The number of carbonyl (C=O) groups is 6. The lowest BCUT2D eigenvalue weighted by molar-refractivity contribution is -0.198. The molecule has 1 fully saturated rings. The molecule has 0 aliphatic carbocycles. The van der Waals surface area contributed by atoms with Crippen molar-refractivity contribution in [2.24, 2.45) is 0 Å². The third kappa shape index (κ3) is 19.5. The number of hydroxylamine groups is 2. The second kappa shape index (κ2) is 26.6. The molecule has 0 saturated carbocycles. The topological polar surface area (TPSA) is 204 Å². The summed E-state index contributed by atoms with van der Waals surface area (Å²) >= 11 is 0. The minimum atomic E-state index is -0.709. The van der Waals surface area contributed by atoms with Crippen LogP contribution >= 0.6 is 0 Å². The molecule has 0 aromatic carbocycles. The third-order valence-electron chi connectivity index (χ3n) is 6.29. The van der Waals surface area contributed by atoms with E-state index in [1.165, 1.54) is 12.2 Å². The molecule has 2 rings (SSSR count). The molecule has 2 heterocycles. The lowest BCUT2D eigenvalue weighted by Crippen LogP contribution is -2.35. The van der Waals surface area contributed by atoms with E-state index in [9.17, 15) is 28.8 Å². The first-order valence-electron chi connectivity index (χ1n) is 15.9. The van der Waals surface area contributed by atoms with Gasteiger partial charge in [0.15, 0.2) is 0 Å². The number of hydrogen-bond donors (Lipinski definition) is 1. The van der Waals surface area contributed by atoms with Crippen molar-refractivity contribution >= 4 is 35.5 Å². The molecular weight excluding hydrogens is 642 g/mol. The zero-order valence-electron chi connectivity index (χ0n) is 27.2. The maximum atomic E-state index is 11.8. The highest BCUT2D eigenvalue weighted by molar-refractivity contribution is 6.13. The Morgan fingerprint density at radius 2 is 0.917 bits per heavy atom. The van der Waals surface area contributed by atoms with E-state index in [2.05, 4.69) is 5.32 Å². The summed E-state index contributed by atoms with van der Waals surface area (Å²) in [4.78, 5) is 74.8. The second-order valence-electron chi connectivity index (χ2n) is 9.96. The Bertz CT molecular complexity index is 992. The number of nitrogens with one attached hydrogen (secondary N) is 1. The van der Waals surface area contributed by atoms with Crippen molar-refractivity contribution in [3.05, 3.63) is 12.2 Å². The maximum absolute atomic E-state index is 11.8. The van der Waals surface area contributed by atoms with Crippen LogP contribution in [0.4, 0.5) is 0 Å². The van der Waals surface area contributed by atoms with Crippen molar-refractivity contribution < 1.29 is 71.5 Å². The predicted octanol–water partition coefficient (Wildman–Crippen LogP) is -1.45. The van der Waals surface area contributed by atoms with Crippen molar-refractivity contribution in [1.29, 1.82) is 0 Å². The number of carbonyl (C=O) groups excluding carboxylic acids is 6. The van der Waals surface area contributed by atoms with Crippen molar-refractivity contribution in [2.75, 3.05) is 119 Å². The highest BCUT2D eigenvalue weighted by Gasteiger charge is 2.32. The third-order valence-corrected chi connectivity index (χ3v) is 6.29. The number of ether oxygens (including phenoxy) is 8. The van der Waals surface area contributed by atoms with Gasteiger partial charge >= 0.3 is 5.97 Å². The van der Waals surface area contributed by atoms with Crippen LogP contribution in [-0.2, 0) is 71.5 Å². The summed E-state index contributed by atoms with van der Waals surface area (Å²) in [5, 5.41) is 3.18. The standard InChI is InChI=1S/C30H47N3O15/c34-25(5-8-32-26(35)1-2-27(32)36)31-7-10-41-12-14-43-16-18-45-20-22-47-24-23-46-21-19-44-17-15-42-13-11-40-9-6-30(39)48-33-28(37)3-4-29(33)38/h1-2H,3-24H2,(H,31,34). The minimum Gasteiger partial charge on any atom is -0.378 e. The highest BCUT2D eigenvalue weighted by atomic mass is 16.7. The fourth-order valence-electron chi connectivity index (χ4n) is 3.82. The van der Waals surface area contributed by atoms with Gasteiger partial charge in [-0.2, -0.15) is 0 Å². The Balaban J connectivity index is 1.19. The average molecular weight is 690 g/mol. The van der Waals surface area contributed by atoms with E-state index in [1.54, 1.807) is 0 Å². The summed E-state index contributed by atoms with van der Waals surface area (Å²) in [5.41, 5.74) is 0. The van der Waals surface area contributed by atoms with Gasteiger partial charge < -0.3 is 48.0 Å². The van der Waals surface area contributed by atoms with Gasteiger partial charge in [-0.1, -0.05) is 0 Å². The van der Waals surface area contributed by atoms with E-state index >= 15 is 0 Å². The second-order valence-corrected chi connectivity index (χ2v) is 9.96. The molecular formula is C30H47N3O15. The van der Waals surface area contributed by atoms with Crippen LogP contribution in [-0.4, -0.2) is 164 Å². The summed E-state index contributed by atoms with van der Waals surface area (Å²) in [6.07, 6.45) is 2.43. The van der Waals surface area contributed by atoms with Gasteiger partial charge in [-0.15, -0.1) is 5.06 Å². The summed E-state index contributed by atoms with van der Waals surface area (Å²) < 4.78 is 43.1. The number of amides is 5. The van der Waals surface area contributed by atoms with E-state index in [0.717, 1.165) is 4.90 Å². The number of nitrogens with zero attached hydrogens (tertiary/aromatic N) is 2. The first-order valence-corrected chi connectivity index (χ1v) is 15.9. The minimum absolute atomic E-state index is 0.0415. The molecule has 2 aliphatic rings. The van der Waals surface area contributed by atoms with Crippen molar-refractivity contribution in [1.82, 2.24) is 15.3 Å². The molecule has 0 radical (unpaired) electrons. The van der Waals surface area contributed by atoms with E-state index < -0.39 is 29.6 Å². The van der Waals surface area contributed by atoms with E-state index in [0.29, 0.717) is 104 Å². The molecule has 2 aliphatic heterocycles. The van der Waals surface area contributed by atoms with Gasteiger partial charge in [0.05, 0.1) is 112 Å². The van der Waals surface area contributed by atoms with E-state index in [4.69, 9.17) is 42.7 Å². The molecule has 18 heteroatoms. The monoisotopic (exact) mass is 689 g/mol. The summed E-state index contributed by atoms with van der Waals surface area (Å²) in [6, 6.07) is 0. The van der Waals surface area contributed by atoms with Crippen LogP contribution in [0.15, 0.2) is 12.2 Å². The molecule has 18 nitrogen and oxygen atoms in total. The normalized spacial score (nSPS) is 14.5. The Kier molecular flexibility index (Phi) is 22.6. The van der Waals surface area contributed by atoms with Crippen LogP contribution in [0, 0.1) is 0 Å². The lowest BCUT2D eigenvalue weighted by atomic mass is 10.3. The van der Waals surface area contributed by atoms with Gasteiger partial charge in [-0.3, -0.25) is 28.9 Å². The Hall–Kier alpha value is -3.36. The summed E-state index contributed by atoms with van der Waals surface area (Å²) in [6.45, 7) is 6.30. The van der Waals surface area contributed by atoms with Gasteiger partial charge in [0.1, 0.15) is 0 Å². The predicted molar refractivity (Wildman–Crippen MR) is 162 cm³/mol. The van der Waals surface area contributed by atoms with Crippen molar-refractivity contribution in [2.45, 2.75) is 25.7 Å². The molecule has 48 heavy (non-hydrogen) atoms. The molecule has 0 spiro atoms. The first-order chi connectivity index (χ1) is 23.4. The molecule has 1 N–H and O–H groups in total. The summed E-state index contributed by atoms with van der Waals surface area (Å²) in [7, 11) is 0. The van der Waals surface area contributed by atoms with Crippen LogP contribution in [0.1, 0.15) is 25.7 Å². The SMILES string of the molecule is O=C(CCN1C(=O)C=CC1=O)NCCOCCOCCOCCOCCOCCOCCOCCOCCC(=O)ON1C(=O)CCC1=O. The van der Waals surface area contributed by atoms with Crippen LogP contribution < -0.4 is 5.32 Å². The van der Waals surface area contributed by atoms with Gasteiger partial charge in [0.25, 0.3) is 23.6 Å². The molecule has 0 atom stereocenters. The molecule has 0 aromatic heterocycles. The summed E-state index contributed by atoms with van der Waals surface area (Å²) in [5.74, 6) is -2.82. The Morgan fingerprint density at radius 1 is 0.542 bits per heavy atom. The molecule has 0 bridgehead atoms. The largest absolute Gasteiger partial charge is 0.378 e. The Morgan fingerprint density at radius 3 is 1.33 bits per heavy atom. The highest BCUT2D eigenvalue weighted by Crippen LogP contribution is 2.12. The molecule has 5 amide bonds.